The third-order valence-electron chi connectivity index (χ3n) is 7.12. The van der Waals surface area contributed by atoms with Crippen LogP contribution in [0.3, 0.4) is 0 Å². The van der Waals surface area contributed by atoms with E-state index in [9.17, 15) is 9.90 Å². The van der Waals surface area contributed by atoms with E-state index in [-0.39, 0.29) is 25.2 Å². The maximum atomic E-state index is 11.8. The second kappa shape index (κ2) is 5.63. The van der Waals surface area contributed by atoms with Crippen LogP contribution in [0.1, 0.15) is 65.7 Å². The fourth-order valence-electron chi connectivity index (χ4n) is 6.07. The van der Waals surface area contributed by atoms with E-state index in [0.29, 0.717) is 12.3 Å². The fraction of sp³-hybridized carbons (Fsp3) is 0.750. The van der Waals surface area contributed by atoms with Crippen molar-refractivity contribution in [1.82, 2.24) is 0 Å². The van der Waals surface area contributed by atoms with Gasteiger partial charge in [-0.3, -0.25) is 4.79 Å². The van der Waals surface area contributed by atoms with Gasteiger partial charge in [-0.1, -0.05) is 24.1 Å². The highest BCUT2D eigenvalue weighted by molar-refractivity contribution is 5.91. The number of aliphatic hydroxyl groups excluding tert-OH is 1. The quantitative estimate of drug-likeness (QED) is 0.727. The first-order valence-electron chi connectivity index (χ1n) is 8.69. The van der Waals surface area contributed by atoms with Gasteiger partial charge in [0, 0.05) is 11.8 Å². The zero-order valence-corrected chi connectivity index (χ0v) is 13.0. The molecule has 4 aliphatic rings. The first-order chi connectivity index (χ1) is 10.2. The number of hydrogen-bond acceptors (Lipinski definition) is 2. The molecule has 0 bridgehead atoms. The van der Waals surface area contributed by atoms with Gasteiger partial charge in [-0.25, -0.2) is 0 Å². The molecule has 2 fully saturated rings. The highest BCUT2D eigenvalue weighted by Gasteiger charge is 2.53. The smallest absolute Gasteiger partial charge is 0.155 e. The summed E-state index contributed by atoms with van der Waals surface area (Å²) in [5.74, 6) is 2.42. The van der Waals surface area contributed by atoms with E-state index in [4.69, 9.17) is 0 Å². The van der Waals surface area contributed by atoms with E-state index in [0.717, 1.165) is 24.7 Å². The number of carbonyl (C=O) groups excluding carboxylic acids is 1. The number of aliphatic hydroxyl groups is 1. The van der Waals surface area contributed by atoms with E-state index in [2.05, 4.69) is 6.92 Å². The minimum Gasteiger partial charge on any atom is -0.395 e. The Morgan fingerprint density at radius 2 is 2.00 bits per heavy atom. The summed E-state index contributed by atoms with van der Waals surface area (Å²) in [5, 5.41) is 10.2. The Bertz CT molecular complexity index is 542. The van der Waals surface area contributed by atoms with Crippen molar-refractivity contribution < 1.29 is 9.90 Å². The van der Waals surface area contributed by atoms with Gasteiger partial charge in [0.15, 0.2) is 5.78 Å². The summed E-state index contributed by atoms with van der Waals surface area (Å²) in [5.41, 5.74) is 4.63. The van der Waals surface area contributed by atoms with Crippen LogP contribution in [0.15, 0.2) is 22.8 Å². The van der Waals surface area contributed by atoms with E-state index in [1.807, 2.05) is 6.08 Å². The first-order valence-corrected chi connectivity index (χ1v) is 8.69. The number of hydrogen-bond donors (Lipinski definition) is 1. The molecule has 0 heterocycles. The Labute approximate surface area is 134 Å². The molecule has 0 saturated heterocycles. The Hall–Kier alpha value is -0.890. The lowest BCUT2D eigenvalue weighted by Gasteiger charge is -2.54. The van der Waals surface area contributed by atoms with E-state index in [1.165, 1.54) is 37.7 Å². The molecule has 0 radical (unpaired) electrons. The van der Waals surface area contributed by atoms with Crippen LogP contribution in [0.5, 0.6) is 0 Å². The van der Waals surface area contributed by atoms with Gasteiger partial charge in [0.05, 0.1) is 6.61 Å². The summed E-state index contributed by atoms with van der Waals surface area (Å²) in [7, 11) is 0. The van der Waals surface area contributed by atoms with Crippen molar-refractivity contribution in [2.75, 3.05) is 6.61 Å². The van der Waals surface area contributed by atoms with Crippen LogP contribution in [0.2, 0.25) is 0 Å². The highest BCUT2D eigenvalue weighted by Crippen LogP contribution is 2.61. The Balaban J connectivity index is 0.00000144. The van der Waals surface area contributed by atoms with Gasteiger partial charge < -0.3 is 5.11 Å². The molecule has 0 spiro atoms. The normalized spacial score (nSPS) is 40.4. The SMILES string of the molecule is C.CC1=C2CCC3C(CCC4=CC(=O)CC[C@@]43CO)C2CC1. The van der Waals surface area contributed by atoms with Crippen molar-refractivity contribution in [3.05, 3.63) is 22.8 Å². The lowest BCUT2D eigenvalue weighted by molar-refractivity contribution is -0.117. The average molecular weight is 302 g/mol. The molecule has 1 N–H and O–H groups in total. The molecular formula is C20H30O2. The third kappa shape index (κ3) is 2.06. The first kappa shape index (κ1) is 16.0. The Morgan fingerprint density at radius 3 is 2.77 bits per heavy atom. The number of ketones is 1. The van der Waals surface area contributed by atoms with Gasteiger partial charge in [-0.2, -0.15) is 0 Å². The molecule has 4 aliphatic carbocycles. The van der Waals surface area contributed by atoms with Crippen LogP contribution in [-0.2, 0) is 4.79 Å². The third-order valence-corrected chi connectivity index (χ3v) is 7.12. The summed E-state index contributed by atoms with van der Waals surface area (Å²) >= 11 is 0. The van der Waals surface area contributed by atoms with Crippen LogP contribution in [0, 0.1) is 23.2 Å². The van der Waals surface area contributed by atoms with Crippen LogP contribution in [0.4, 0.5) is 0 Å². The summed E-state index contributed by atoms with van der Waals surface area (Å²) in [6.45, 7) is 2.57. The van der Waals surface area contributed by atoms with Crippen molar-refractivity contribution in [1.29, 1.82) is 0 Å². The average Bonchev–Trinajstić information content (AvgIpc) is 2.88. The molecule has 0 aromatic heterocycles. The van der Waals surface area contributed by atoms with Crippen LogP contribution < -0.4 is 0 Å². The second-order valence-corrected chi connectivity index (χ2v) is 7.75. The van der Waals surface area contributed by atoms with Crippen LogP contribution in [-0.4, -0.2) is 17.5 Å². The number of carbonyl (C=O) groups is 1. The van der Waals surface area contributed by atoms with Crippen molar-refractivity contribution in [2.24, 2.45) is 23.2 Å². The number of allylic oxidation sites excluding steroid dienone is 3. The zero-order valence-electron chi connectivity index (χ0n) is 13.0. The molecular weight excluding hydrogens is 272 g/mol. The minimum atomic E-state index is -0.0567. The van der Waals surface area contributed by atoms with Gasteiger partial charge in [-0.15, -0.1) is 0 Å². The highest BCUT2D eigenvalue weighted by atomic mass is 16.3. The Kier molecular flexibility index (Phi) is 4.09. The number of fused-ring (bicyclic) bond motifs is 5. The summed E-state index contributed by atoms with van der Waals surface area (Å²) in [6.07, 6.45) is 10.8. The predicted octanol–water partition coefficient (Wildman–Crippen LogP) is 4.44. The zero-order chi connectivity index (χ0) is 14.6. The van der Waals surface area contributed by atoms with Gasteiger partial charge in [0.2, 0.25) is 0 Å². The number of rotatable bonds is 1. The minimum absolute atomic E-state index is 0. The lowest BCUT2D eigenvalue weighted by Crippen LogP contribution is -2.49. The molecule has 0 aromatic carbocycles. The predicted molar refractivity (Wildman–Crippen MR) is 89.4 cm³/mol. The van der Waals surface area contributed by atoms with E-state index in [1.54, 1.807) is 11.1 Å². The molecule has 4 atom stereocenters. The molecule has 122 valence electrons. The molecule has 2 nitrogen and oxygen atoms in total. The summed E-state index contributed by atoms with van der Waals surface area (Å²) < 4.78 is 0. The van der Waals surface area contributed by atoms with Gasteiger partial charge >= 0.3 is 0 Å². The summed E-state index contributed by atoms with van der Waals surface area (Å²) in [4.78, 5) is 11.8. The lowest BCUT2D eigenvalue weighted by atomic mass is 9.50. The molecule has 2 saturated carbocycles. The van der Waals surface area contributed by atoms with Crippen molar-refractivity contribution in [2.45, 2.75) is 65.7 Å². The molecule has 2 heteroatoms. The van der Waals surface area contributed by atoms with Crippen LogP contribution in [0.25, 0.3) is 0 Å². The molecule has 4 rings (SSSR count). The maximum Gasteiger partial charge on any atom is 0.155 e. The molecule has 0 aromatic rings. The van der Waals surface area contributed by atoms with Crippen molar-refractivity contribution in [3.63, 3.8) is 0 Å². The monoisotopic (exact) mass is 302 g/mol. The standard InChI is InChI=1S/C19H26O2.CH4/c1-12-2-4-16-15(12)6-7-18-17(16)5-3-13-10-14(21)8-9-19(13,18)11-20;/h10,16-18,20H,2-9,11H2,1H3;1H4/t16?,17?,18?,19-;/m1./s1. The second-order valence-electron chi connectivity index (χ2n) is 7.75. The van der Waals surface area contributed by atoms with Crippen LogP contribution >= 0.6 is 0 Å². The van der Waals surface area contributed by atoms with E-state index < -0.39 is 0 Å². The Morgan fingerprint density at radius 1 is 1.18 bits per heavy atom. The van der Waals surface area contributed by atoms with Crippen molar-refractivity contribution >= 4 is 5.78 Å². The van der Waals surface area contributed by atoms with Gasteiger partial charge in [-0.05, 0) is 75.7 Å². The van der Waals surface area contributed by atoms with Gasteiger partial charge in [0.25, 0.3) is 0 Å². The largest absolute Gasteiger partial charge is 0.395 e. The molecule has 3 unspecified atom stereocenters. The fourth-order valence-corrected chi connectivity index (χ4v) is 6.07. The van der Waals surface area contributed by atoms with Gasteiger partial charge in [0.1, 0.15) is 0 Å². The molecule has 0 amide bonds. The molecule has 22 heavy (non-hydrogen) atoms. The topological polar surface area (TPSA) is 37.3 Å². The maximum absolute atomic E-state index is 11.8. The van der Waals surface area contributed by atoms with E-state index >= 15 is 0 Å². The summed E-state index contributed by atoms with van der Waals surface area (Å²) in [6, 6.07) is 0. The molecule has 0 aliphatic heterocycles. The van der Waals surface area contributed by atoms with Crippen molar-refractivity contribution in [3.8, 4) is 0 Å².